The molecule has 0 aliphatic carbocycles. The third kappa shape index (κ3) is 54.4. The lowest BCUT2D eigenvalue weighted by molar-refractivity contribution is 0.240. The van der Waals surface area contributed by atoms with Crippen LogP contribution in [0.5, 0.6) is 0 Å². The molecule has 0 heteroatoms. The molecule has 0 atom stereocenters. The Balaban J connectivity index is -0.000000181. The summed E-state index contributed by atoms with van der Waals surface area (Å²) >= 11 is 0. The molecular formula is C53H100. The van der Waals surface area contributed by atoms with Crippen molar-refractivity contribution in [2.24, 2.45) is 5.41 Å². The standard InChI is InChI=1S/4C11H20.C9H20/c4*1-4-6-7-8-9-10-11(3)5-2;1-5-9(6-2,7-3)8-4/h4*5H,2-4,6-10H2,1H3;5-8H2,1-4H3. The molecule has 0 fully saturated rings. The molecule has 0 aromatic heterocycles. The highest BCUT2D eigenvalue weighted by Crippen LogP contribution is 2.33. The molecule has 0 saturated heterocycles. The van der Waals surface area contributed by atoms with Crippen molar-refractivity contribution in [2.75, 3.05) is 0 Å². The SMILES string of the molecule is C=CC(=C)CCCCCCC.C=CC(=C)CCCCCCC.C=CC(=C)CCCCCCC.C=CC(=C)CCCCCCC.CCC(CC)(CC)CC. The highest BCUT2D eigenvalue weighted by Gasteiger charge is 2.20. The number of rotatable bonds is 32. The summed E-state index contributed by atoms with van der Waals surface area (Å²) in [6.45, 7) is 48.4. The van der Waals surface area contributed by atoms with Crippen LogP contribution >= 0.6 is 0 Å². The van der Waals surface area contributed by atoms with Gasteiger partial charge >= 0.3 is 0 Å². The van der Waals surface area contributed by atoms with Crippen LogP contribution in [0.3, 0.4) is 0 Å². The predicted octanol–water partition coefficient (Wildman–Crippen LogP) is 20.0. The van der Waals surface area contributed by atoms with Crippen LogP contribution in [0.15, 0.2) is 99.2 Å². The van der Waals surface area contributed by atoms with Gasteiger partial charge in [0.1, 0.15) is 0 Å². The predicted molar refractivity (Wildman–Crippen MR) is 254 cm³/mol. The van der Waals surface area contributed by atoms with Crippen molar-refractivity contribution < 1.29 is 0 Å². The van der Waals surface area contributed by atoms with Crippen LogP contribution in [-0.4, -0.2) is 0 Å². The minimum absolute atomic E-state index is 0.667. The third-order valence-corrected chi connectivity index (χ3v) is 10.6. The summed E-state index contributed by atoms with van der Waals surface area (Å²) in [4.78, 5) is 0. The van der Waals surface area contributed by atoms with Gasteiger partial charge in [-0.05, 0) is 56.8 Å². The molecule has 0 unspecified atom stereocenters. The highest BCUT2D eigenvalue weighted by molar-refractivity contribution is 5.11. The van der Waals surface area contributed by atoms with E-state index in [9.17, 15) is 0 Å². The molecule has 0 saturated carbocycles. The molecule has 0 heterocycles. The van der Waals surface area contributed by atoms with Gasteiger partial charge in [-0.2, -0.15) is 0 Å². The molecule has 0 aliphatic rings. The average Bonchev–Trinajstić information content (AvgIpc) is 3.19. The average molecular weight is 737 g/mol. The van der Waals surface area contributed by atoms with Gasteiger partial charge in [-0.3, -0.25) is 0 Å². The summed E-state index contributed by atoms with van der Waals surface area (Å²) < 4.78 is 0. The van der Waals surface area contributed by atoms with Crippen LogP contribution in [0, 0.1) is 5.41 Å². The minimum atomic E-state index is 0.667. The van der Waals surface area contributed by atoms with Crippen LogP contribution in [-0.2, 0) is 0 Å². The second kappa shape index (κ2) is 52.0. The monoisotopic (exact) mass is 737 g/mol. The summed E-state index contributed by atoms with van der Waals surface area (Å²) in [6.07, 6.45) is 44.2. The third-order valence-electron chi connectivity index (χ3n) is 10.6. The molecule has 0 aromatic rings. The van der Waals surface area contributed by atoms with Crippen molar-refractivity contribution >= 4 is 0 Å². The summed E-state index contributed by atoms with van der Waals surface area (Å²) in [6, 6.07) is 0. The van der Waals surface area contributed by atoms with Crippen LogP contribution in [0.25, 0.3) is 0 Å². The van der Waals surface area contributed by atoms with E-state index in [4.69, 9.17) is 0 Å². The van der Waals surface area contributed by atoms with Crippen LogP contribution in [0.2, 0.25) is 0 Å². The largest absolute Gasteiger partial charge is 0.0988 e. The van der Waals surface area contributed by atoms with E-state index in [1.54, 1.807) is 0 Å². The van der Waals surface area contributed by atoms with Crippen molar-refractivity contribution in [1.29, 1.82) is 0 Å². The van der Waals surface area contributed by atoms with E-state index in [2.05, 4.69) is 108 Å². The second-order valence-electron chi connectivity index (χ2n) is 15.0. The summed E-state index contributed by atoms with van der Waals surface area (Å²) in [5, 5.41) is 0. The fraction of sp³-hybridized carbons (Fsp3) is 0.698. The highest BCUT2D eigenvalue weighted by atomic mass is 14.3. The first-order valence-corrected chi connectivity index (χ1v) is 22.7. The van der Waals surface area contributed by atoms with Crippen LogP contribution in [0.1, 0.15) is 235 Å². The maximum atomic E-state index is 3.87. The molecule has 0 radical (unpaired) electrons. The fourth-order valence-corrected chi connectivity index (χ4v) is 5.73. The van der Waals surface area contributed by atoms with Gasteiger partial charge in [0, 0.05) is 0 Å². The molecule has 0 aliphatic heterocycles. The quantitative estimate of drug-likeness (QED) is 0.0476. The normalized spacial score (nSPS) is 9.96. The number of hydrogen-bond acceptors (Lipinski definition) is 0. The molecule has 53 heavy (non-hydrogen) atoms. The van der Waals surface area contributed by atoms with E-state index in [0.29, 0.717) is 5.41 Å². The van der Waals surface area contributed by atoms with E-state index in [-0.39, 0.29) is 0 Å². The van der Waals surface area contributed by atoms with Crippen molar-refractivity contribution in [3.05, 3.63) is 99.2 Å². The van der Waals surface area contributed by atoms with E-state index >= 15 is 0 Å². The Kier molecular flexibility index (Phi) is 59.1. The lowest BCUT2D eigenvalue weighted by atomic mass is 9.78. The van der Waals surface area contributed by atoms with Crippen molar-refractivity contribution in [1.82, 2.24) is 0 Å². The van der Waals surface area contributed by atoms with Gasteiger partial charge in [0.15, 0.2) is 0 Å². The molecule has 312 valence electrons. The molecule has 0 amide bonds. The zero-order chi connectivity index (χ0) is 41.4. The second-order valence-corrected chi connectivity index (χ2v) is 15.0. The number of allylic oxidation sites excluding steroid dienone is 8. The Morgan fingerprint density at radius 1 is 0.302 bits per heavy atom. The summed E-state index contributed by atoms with van der Waals surface area (Å²) in [7, 11) is 0. The Morgan fingerprint density at radius 2 is 0.472 bits per heavy atom. The Morgan fingerprint density at radius 3 is 0.585 bits per heavy atom. The minimum Gasteiger partial charge on any atom is -0.0988 e. The van der Waals surface area contributed by atoms with Crippen molar-refractivity contribution in [3.63, 3.8) is 0 Å². The Bertz CT molecular complexity index is 691. The van der Waals surface area contributed by atoms with Gasteiger partial charge in [-0.25, -0.2) is 0 Å². The Hall–Kier alpha value is -2.08. The summed E-state index contributed by atoms with van der Waals surface area (Å²) in [5.41, 5.74) is 5.39. The van der Waals surface area contributed by atoms with Gasteiger partial charge < -0.3 is 0 Å². The van der Waals surface area contributed by atoms with E-state index in [1.165, 1.54) is 176 Å². The van der Waals surface area contributed by atoms with Gasteiger partial charge in [0.05, 0.1) is 0 Å². The van der Waals surface area contributed by atoms with Crippen LogP contribution in [0.4, 0.5) is 0 Å². The molecule has 0 rings (SSSR count). The van der Waals surface area contributed by atoms with Crippen molar-refractivity contribution in [3.8, 4) is 0 Å². The lowest BCUT2D eigenvalue weighted by Crippen LogP contribution is -2.15. The van der Waals surface area contributed by atoms with Gasteiger partial charge in [-0.15, -0.1) is 0 Å². The van der Waals surface area contributed by atoms with Gasteiger partial charge in [0.25, 0.3) is 0 Å². The van der Waals surface area contributed by atoms with E-state index in [1.807, 2.05) is 24.3 Å². The maximum absolute atomic E-state index is 3.87. The smallest absolute Gasteiger partial charge is 0.0285 e. The molecule has 0 aromatic carbocycles. The topological polar surface area (TPSA) is 0 Å². The summed E-state index contributed by atoms with van der Waals surface area (Å²) in [5.74, 6) is 0. The first kappa shape index (κ1) is 60.2. The zero-order valence-electron chi connectivity index (χ0n) is 38.3. The molecule has 0 bridgehead atoms. The Labute approximate surface area is 338 Å². The first-order chi connectivity index (χ1) is 25.5. The number of hydrogen-bond donors (Lipinski definition) is 0. The van der Waals surface area contributed by atoms with Gasteiger partial charge in [0.2, 0.25) is 0 Å². The van der Waals surface area contributed by atoms with E-state index < -0.39 is 0 Å². The van der Waals surface area contributed by atoms with Crippen LogP contribution < -0.4 is 0 Å². The molecule has 0 N–H and O–H groups in total. The molecular weight excluding hydrogens is 637 g/mol. The maximum Gasteiger partial charge on any atom is -0.0285 e. The van der Waals surface area contributed by atoms with Crippen molar-refractivity contribution in [2.45, 2.75) is 235 Å². The first-order valence-electron chi connectivity index (χ1n) is 22.7. The zero-order valence-corrected chi connectivity index (χ0v) is 38.3. The fourth-order valence-electron chi connectivity index (χ4n) is 5.73. The number of unbranched alkanes of at least 4 members (excludes halogenated alkanes) is 16. The van der Waals surface area contributed by atoms with E-state index in [0.717, 1.165) is 25.7 Å². The molecule has 0 nitrogen and oxygen atoms in total. The lowest BCUT2D eigenvalue weighted by Gasteiger charge is -2.28. The molecule has 0 spiro atoms. The van der Waals surface area contributed by atoms with Gasteiger partial charge in [-0.1, -0.05) is 283 Å².